The molecule has 1 saturated heterocycles. The van der Waals surface area contributed by atoms with Gasteiger partial charge in [0.15, 0.2) is 0 Å². The number of pyridine rings is 1. The molecule has 1 aliphatic heterocycles. The van der Waals surface area contributed by atoms with Crippen LogP contribution in [-0.2, 0) is 0 Å². The maximum Gasteiger partial charge on any atom is 0.290 e. The highest BCUT2D eigenvalue weighted by Crippen LogP contribution is 2.19. The monoisotopic (exact) mass is 237 g/mol. The van der Waals surface area contributed by atoms with Crippen LogP contribution in [0.5, 0.6) is 5.88 Å². The van der Waals surface area contributed by atoms with E-state index in [9.17, 15) is 10.1 Å². The summed E-state index contributed by atoms with van der Waals surface area (Å²) in [5, 5.41) is 13.9. The van der Waals surface area contributed by atoms with E-state index in [0.717, 1.165) is 13.0 Å². The van der Waals surface area contributed by atoms with Gasteiger partial charge in [0.2, 0.25) is 5.88 Å². The van der Waals surface area contributed by atoms with Crippen molar-refractivity contribution in [2.75, 3.05) is 13.2 Å². The molecule has 1 N–H and O–H groups in total. The van der Waals surface area contributed by atoms with Gasteiger partial charge in [-0.1, -0.05) is 0 Å². The number of aryl methyl sites for hydroxylation is 1. The fourth-order valence-corrected chi connectivity index (χ4v) is 1.89. The molecule has 0 aromatic carbocycles. The fraction of sp³-hybridized carbons (Fsp3) is 0.545. The van der Waals surface area contributed by atoms with Crippen LogP contribution in [0.15, 0.2) is 12.1 Å². The predicted octanol–water partition coefficient (Wildman–Crippen LogP) is 1.43. The Hall–Kier alpha value is -1.69. The number of nitrogens with zero attached hydrogens (tertiary/aromatic N) is 2. The first-order valence-electron chi connectivity index (χ1n) is 5.65. The zero-order valence-corrected chi connectivity index (χ0v) is 9.68. The van der Waals surface area contributed by atoms with Crippen LogP contribution in [0.1, 0.15) is 18.5 Å². The van der Waals surface area contributed by atoms with Gasteiger partial charge in [0.1, 0.15) is 12.3 Å². The molecule has 1 aromatic rings. The number of aromatic nitrogens is 1. The van der Waals surface area contributed by atoms with Gasteiger partial charge in [-0.15, -0.1) is 0 Å². The van der Waals surface area contributed by atoms with Crippen molar-refractivity contribution in [1.29, 1.82) is 0 Å². The quantitative estimate of drug-likeness (QED) is 0.633. The summed E-state index contributed by atoms with van der Waals surface area (Å²) in [5.74, 6) is 0.446. The third kappa shape index (κ3) is 2.91. The van der Waals surface area contributed by atoms with Crippen LogP contribution in [0.3, 0.4) is 0 Å². The van der Waals surface area contributed by atoms with E-state index >= 15 is 0 Å². The second-order valence-electron chi connectivity index (χ2n) is 4.12. The summed E-state index contributed by atoms with van der Waals surface area (Å²) in [4.78, 5) is 14.2. The summed E-state index contributed by atoms with van der Waals surface area (Å²) >= 11 is 0. The SMILES string of the molecule is Cc1nc(OCC2CCCN2)ccc1[N+](=O)[O-]. The minimum absolute atomic E-state index is 0.0244. The minimum Gasteiger partial charge on any atom is -0.476 e. The first-order chi connectivity index (χ1) is 8.16. The van der Waals surface area contributed by atoms with Crippen LogP contribution in [0.4, 0.5) is 5.69 Å². The normalized spacial score (nSPS) is 19.2. The van der Waals surface area contributed by atoms with E-state index in [-0.39, 0.29) is 5.69 Å². The molecule has 0 spiro atoms. The van der Waals surface area contributed by atoms with Crippen molar-refractivity contribution in [1.82, 2.24) is 10.3 Å². The third-order valence-corrected chi connectivity index (χ3v) is 2.82. The highest BCUT2D eigenvalue weighted by molar-refractivity contribution is 5.36. The second kappa shape index (κ2) is 5.09. The van der Waals surface area contributed by atoms with Gasteiger partial charge in [-0.25, -0.2) is 4.98 Å². The molecule has 0 radical (unpaired) electrons. The van der Waals surface area contributed by atoms with Crippen LogP contribution in [0.2, 0.25) is 0 Å². The topological polar surface area (TPSA) is 77.3 Å². The maximum atomic E-state index is 10.6. The van der Waals surface area contributed by atoms with Gasteiger partial charge in [0, 0.05) is 18.2 Å². The predicted molar refractivity (Wildman–Crippen MR) is 62.1 cm³/mol. The number of hydrogen-bond donors (Lipinski definition) is 1. The summed E-state index contributed by atoms with van der Waals surface area (Å²) in [6.07, 6.45) is 2.27. The molecule has 0 amide bonds. The first kappa shape index (κ1) is 11.8. The Morgan fingerprint density at radius 2 is 2.47 bits per heavy atom. The fourth-order valence-electron chi connectivity index (χ4n) is 1.89. The molecule has 1 unspecified atom stereocenters. The van der Waals surface area contributed by atoms with Crippen molar-refractivity contribution in [2.45, 2.75) is 25.8 Å². The zero-order valence-electron chi connectivity index (χ0n) is 9.68. The molecular weight excluding hydrogens is 222 g/mol. The lowest BCUT2D eigenvalue weighted by Crippen LogP contribution is -2.28. The minimum atomic E-state index is -0.440. The highest BCUT2D eigenvalue weighted by Gasteiger charge is 2.16. The molecule has 6 heteroatoms. The Morgan fingerprint density at radius 1 is 1.65 bits per heavy atom. The average Bonchev–Trinajstić information content (AvgIpc) is 2.78. The van der Waals surface area contributed by atoms with Gasteiger partial charge >= 0.3 is 0 Å². The summed E-state index contributed by atoms with van der Waals surface area (Å²) < 4.78 is 5.51. The van der Waals surface area contributed by atoms with E-state index in [4.69, 9.17) is 4.74 Å². The van der Waals surface area contributed by atoms with Crippen LogP contribution >= 0.6 is 0 Å². The Balaban J connectivity index is 1.97. The first-order valence-corrected chi connectivity index (χ1v) is 5.65. The number of hydrogen-bond acceptors (Lipinski definition) is 5. The van der Waals surface area contributed by atoms with Gasteiger partial charge in [0.05, 0.1) is 4.92 Å². The molecule has 0 saturated carbocycles. The Bertz CT molecular complexity index is 416. The van der Waals surface area contributed by atoms with E-state index in [1.165, 1.54) is 12.5 Å². The van der Waals surface area contributed by atoms with Crippen LogP contribution < -0.4 is 10.1 Å². The van der Waals surface area contributed by atoms with Crippen molar-refractivity contribution in [3.8, 4) is 5.88 Å². The molecule has 1 atom stereocenters. The van der Waals surface area contributed by atoms with Gasteiger partial charge in [-0.3, -0.25) is 10.1 Å². The average molecular weight is 237 g/mol. The Morgan fingerprint density at radius 3 is 3.06 bits per heavy atom. The number of nitrogens with one attached hydrogen (secondary N) is 1. The molecule has 2 heterocycles. The molecule has 92 valence electrons. The van der Waals surface area contributed by atoms with Crippen molar-refractivity contribution in [3.05, 3.63) is 27.9 Å². The standard InChI is InChI=1S/C11H15N3O3/c1-8-10(14(15)16)4-5-11(13-8)17-7-9-3-2-6-12-9/h4-5,9,12H,2-3,6-7H2,1H3. The summed E-state index contributed by atoms with van der Waals surface area (Å²) in [7, 11) is 0. The molecule has 1 aliphatic rings. The maximum absolute atomic E-state index is 10.6. The molecule has 0 aliphatic carbocycles. The molecule has 1 aromatic heterocycles. The van der Waals surface area contributed by atoms with Crippen molar-refractivity contribution in [2.24, 2.45) is 0 Å². The van der Waals surface area contributed by atoms with Crippen molar-refractivity contribution >= 4 is 5.69 Å². The number of ether oxygens (including phenoxy) is 1. The molecule has 17 heavy (non-hydrogen) atoms. The van der Waals surface area contributed by atoms with E-state index in [1.807, 2.05) is 0 Å². The van der Waals surface area contributed by atoms with Crippen LogP contribution in [0.25, 0.3) is 0 Å². The molecule has 6 nitrogen and oxygen atoms in total. The van der Waals surface area contributed by atoms with Gasteiger partial charge in [-0.2, -0.15) is 0 Å². The molecular formula is C11H15N3O3. The Kier molecular flexibility index (Phi) is 3.53. The van der Waals surface area contributed by atoms with Crippen molar-refractivity contribution in [3.63, 3.8) is 0 Å². The summed E-state index contributed by atoms with van der Waals surface area (Å²) in [6.45, 7) is 3.20. The second-order valence-corrected chi connectivity index (χ2v) is 4.12. The molecule has 1 fully saturated rings. The highest BCUT2D eigenvalue weighted by atomic mass is 16.6. The van der Waals surface area contributed by atoms with E-state index < -0.39 is 4.92 Å². The molecule has 0 bridgehead atoms. The number of rotatable bonds is 4. The lowest BCUT2D eigenvalue weighted by Gasteiger charge is -2.11. The van der Waals surface area contributed by atoms with Gasteiger partial charge in [0.25, 0.3) is 5.69 Å². The smallest absolute Gasteiger partial charge is 0.290 e. The summed E-state index contributed by atoms with van der Waals surface area (Å²) in [5.41, 5.74) is 0.406. The van der Waals surface area contributed by atoms with Crippen molar-refractivity contribution < 1.29 is 9.66 Å². The van der Waals surface area contributed by atoms with Gasteiger partial charge < -0.3 is 10.1 Å². The number of nitro groups is 1. The van der Waals surface area contributed by atoms with E-state index in [0.29, 0.717) is 24.2 Å². The van der Waals surface area contributed by atoms with Crippen LogP contribution in [0, 0.1) is 17.0 Å². The lowest BCUT2D eigenvalue weighted by molar-refractivity contribution is -0.385. The lowest BCUT2D eigenvalue weighted by atomic mass is 10.2. The third-order valence-electron chi connectivity index (χ3n) is 2.82. The zero-order chi connectivity index (χ0) is 12.3. The van der Waals surface area contributed by atoms with Gasteiger partial charge in [-0.05, 0) is 26.3 Å². The van der Waals surface area contributed by atoms with E-state index in [1.54, 1.807) is 13.0 Å². The van der Waals surface area contributed by atoms with Crippen LogP contribution in [-0.4, -0.2) is 29.1 Å². The summed E-state index contributed by atoms with van der Waals surface area (Å²) in [6, 6.07) is 3.34. The largest absolute Gasteiger partial charge is 0.476 e. The van der Waals surface area contributed by atoms with E-state index in [2.05, 4.69) is 10.3 Å². The Labute approximate surface area is 99.2 Å². The molecule has 2 rings (SSSR count).